The number of aromatic nitrogens is 2. The third-order valence-electron chi connectivity index (χ3n) is 4.87. The Morgan fingerprint density at radius 1 is 0.970 bits per heavy atom. The van der Waals surface area contributed by atoms with Crippen LogP contribution < -0.4 is 15.4 Å². The molecule has 33 heavy (non-hydrogen) atoms. The Balaban J connectivity index is 1.92. The number of amides is 3. The van der Waals surface area contributed by atoms with Gasteiger partial charge < -0.3 is 15.2 Å². The molecule has 0 radical (unpaired) electrons. The fourth-order valence-corrected chi connectivity index (χ4v) is 3.39. The highest BCUT2D eigenvalue weighted by molar-refractivity contribution is 6.15. The van der Waals surface area contributed by atoms with Gasteiger partial charge in [-0.05, 0) is 37.6 Å². The van der Waals surface area contributed by atoms with Crippen molar-refractivity contribution in [2.75, 3.05) is 11.9 Å². The van der Waals surface area contributed by atoms with Crippen LogP contribution in [0.3, 0.4) is 0 Å². The van der Waals surface area contributed by atoms with Crippen molar-refractivity contribution in [2.45, 2.75) is 26.7 Å². The van der Waals surface area contributed by atoms with Crippen molar-refractivity contribution in [3.8, 4) is 11.5 Å². The Labute approximate surface area is 191 Å². The Bertz CT molecular complexity index is 1190. The predicted molar refractivity (Wildman–Crippen MR) is 123 cm³/mol. The largest absolute Gasteiger partial charge is 0.507 e. The van der Waals surface area contributed by atoms with Crippen molar-refractivity contribution >= 4 is 23.4 Å². The second kappa shape index (κ2) is 10.4. The second-order valence-electron chi connectivity index (χ2n) is 7.23. The zero-order valence-electron chi connectivity index (χ0n) is 18.7. The van der Waals surface area contributed by atoms with E-state index in [2.05, 4.69) is 15.7 Å². The molecule has 0 bridgehead atoms. The van der Waals surface area contributed by atoms with Crippen LogP contribution >= 0.6 is 0 Å². The molecule has 0 spiro atoms. The van der Waals surface area contributed by atoms with E-state index >= 15 is 0 Å². The molecule has 0 atom stereocenters. The highest BCUT2D eigenvalue weighted by Gasteiger charge is 2.26. The molecule has 1 aromatic heterocycles. The molecule has 1 heterocycles. The highest BCUT2D eigenvalue weighted by atomic mass is 16.5. The fourth-order valence-electron chi connectivity index (χ4n) is 3.39. The molecule has 0 aliphatic rings. The number of benzene rings is 2. The number of carbonyl (C=O) groups is 3. The molecule has 0 aliphatic heterocycles. The summed E-state index contributed by atoms with van der Waals surface area (Å²) in [5.41, 5.74) is 0.969. The molecule has 0 aliphatic carbocycles. The summed E-state index contributed by atoms with van der Waals surface area (Å²) in [5.74, 6) is -1.79. The molecule has 0 unspecified atom stereocenters. The van der Waals surface area contributed by atoms with Gasteiger partial charge in [0.15, 0.2) is 0 Å². The number of nitrogens with one attached hydrogen (secondary N) is 2. The van der Waals surface area contributed by atoms with E-state index in [1.54, 1.807) is 50.4 Å². The topological polar surface area (TPSA) is 123 Å². The molecule has 3 amide bonds. The quantitative estimate of drug-likeness (QED) is 0.453. The van der Waals surface area contributed by atoms with Crippen LogP contribution in [-0.2, 0) is 13.5 Å². The van der Waals surface area contributed by atoms with E-state index in [0.717, 1.165) is 6.42 Å². The highest BCUT2D eigenvalue weighted by Crippen LogP contribution is 2.25. The van der Waals surface area contributed by atoms with Crippen LogP contribution in [0.2, 0.25) is 0 Å². The van der Waals surface area contributed by atoms with Crippen LogP contribution in [0, 0.1) is 0 Å². The monoisotopic (exact) mass is 450 g/mol. The van der Waals surface area contributed by atoms with Gasteiger partial charge in [-0.25, -0.2) is 0 Å². The van der Waals surface area contributed by atoms with Gasteiger partial charge in [0.05, 0.1) is 29.1 Å². The average molecular weight is 450 g/mol. The van der Waals surface area contributed by atoms with Crippen LogP contribution in [0.15, 0.2) is 48.5 Å². The first-order valence-electron chi connectivity index (χ1n) is 10.6. The van der Waals surface area contributed by atoms with E-state index in [1.165, 1.54) is 16.8 Å². The van der Waals surface area contributed by atoms with Crippen molar-refractivity contribution in [2.24, 2.45) is 7.05 Å². The summed E-state index contributed by atoms with van der Waals surface area (Å²) in [6.07, 6.45) is 1.22. The van der Waals surface area contributed by atoms with Gasteiger partial charge in [-0.2, -0.15) is 5.10 Å². The summed E-state index contributed by atoms with van der Waals surface area (Å²) in [6.45, 7) is 4.10. The first-order valence-corrected chi connectivity index (χ1v) is 10.6. The second-order valence-corrected chi connectivity index (χ2v) is 7.23. The van der Waals surface area contributed by atoms with Crippen molar-refractivity contribution in [3.63, 3.8) is 0 Å². The third kappa shape index (κ3) is 5.20. The van der Waals surface area contributed by atoms with E-state index < -0.39 is 17.7 Å². The third-order valence-corrected chi connectivity index (χ3v) is 4.87. The lowest BCUT2D eigenvalue weighted by Crippen LogP contribution is -2.33. The predicted octanol–water partition coefficient (Wildman–Crippen LogP) is 3.30. The smallest absolute Gasteiger partial charge is 0.278 e. The summed E-state index contributed by atoms with van der Waals surface area (Å²) >= 11 is 0. The first kappa shape index (κ1) is 23.5. The number of anilines is 1. The number of phenolic OH excluding ortho intramolecular Hbond substituents is 1. The van der Waals surface area contributed by atoms with Crippen LogP contribution in [0.4, 0.5) is 5.69 Å². The Hall–Kier alpha value is -4.14. The van der Waals surface area contributed by atoms with Gasteiger partial charge in [-0.3, -0.25) is 24.4 Å². The number of rotatable bonds is 8. The van der Waals surface area contributed by atoms with Crippen molar-refractivity contribution < 1.29 is 24.2 Å². The molecule has 3 aromatic rings. The molecule has 3 N–H and O–H groups in total. The molecular weight excluding hydrogens is 424 g/mol. The number of hydrogen-bond donors (Lipinski definition) is 3. The van der Waals surface area contributed by atoms with Gasteiger partial charge in [0, 0.05) is 7.05 Å². The molecule has 0 fully saturated rings. The summed E-state index contributed by atoms with van der Waals surface area (Å²) in [6, 6.07) is 12.7. The maximum Gasteiger partial charge on any atom is 0.278 e. The average Bonchev–Trinajstić information content (AvgIpc) is 3.09. The molecule has 172 valence electrons. The zero-order chi connectivity index (χ0) is 24.0. The number of hydrogen-bond acceptors (Lipinski definition) is 6. The number of carbonyl (C=O) groups excluding carboxylic acids is 3. The molecule has 3 rings (SSSR count). The summed E-state index contributed by atoms with van der Waals surface area (Å²) in [7, 11) is 1.56. The number of para-hydroxylation sites is 2. The summed E-state index contributed by atoms with van der Waals surface area (Å²) in [4.78, 5) is 38.7. The van der Waals surface area contributed by atoms with Crippen molar-refractivity contribution in [1.82, 2.24) is 15.1 Å². The van der Waals surface area contributed by atoms with Crippen LogP contribution in [0.1, 0.15) is 57.2 Å². The first-order chi connectivity index (χ1) is 15.9. The van der Waals surface area contributed by atoms with Gasteiger partial charge >= 0.3 is 0 Å². The summed E-state index contributed by atoms with van der Waals surface area (Å²) in [5, 5.41) is 19.4. The SMILES string of the molecule is CCCc1nn(C)c(C(=O)NC(=O)c2ccccc2OCC)c1NC(=O)c1ccccc1O. The minimum absolute atomic E-state index is 0.0180. The van der Waals surface area contributed by atoms with E-state index in [1.807, 2.05) is 6.92 Å². The van der Waals surface area contributed by atoms with Crippen molar-refractivity contribution in [3.05, 3.63) is 71.0 Å². The van der Waals surface area contributed by atoms with Gasteiger partial charge in [0.1, 0.15) is 17.2 Å². The van der Waals surface area contributed by atoms with Crippen LogP contribution in [0.25, 0.3) is 0 Å². The maximum absolute atomic E-state index is 13.1. The molecule has 9 heteroatoms. The van der Waals surface area contributed by atoms with Gasteiger partial charge in [-0.15, -0.1) is 0 Å². The Morgan fingerprint density at radius 3 is 2.30 bits per heavy atom. The normalized spacial score (nSPS) is 10.5. The molecule has 9 nitrogen and oxygen atoms in total. The Kier molecular flexibility index (Phi) is 7.45. The van der Waals surface area contributed by atoms with E-state index in [0.29, 0.717) is 24.5 Å². The molecular formula is C24H26N4O5. The maximum atomic E-state index is 13.1. The Morgan fingerprint density at radius 2 is 1.64 bits per heavy atom. The fraction of sp³-hybridized carbons (Fsp3) is 0.250. The number of ether oxygens (including phenoxy) is 1. The number of aryl methyl sites for hydroxylation is 2. The van der Waals surface area contributed by atoms with Gasteiger partial charge in [0.2, 0.25) is 0 Å². The lowest BCUT2D eigenvalue weighted by Gasteiger charge is -2.12. The van der Waals surface area contributed by atoms with Crippen LogP contribution in [-0.4, -0.2) is 39.2 Å². The lowest BCUT2D eigenvalue weighted by molar-refractivity contribution is 0.0842. The minimum Gasteiger partial charge on any atom is -0.507 e. The summed E-state index contributed by atoms with van der Waals surface area (Å²) < 4.78 is 6.79. The van der Waals surface area contributed by atoms with E-state index in [9.17, 15) is 19.5 Å². The van der Waals surface area contributed by atoms with Crippen LogP contribution in [0.5, 0.6) is 11.5 Å². The standard InChI is InChI=1S/C24H26N4O5/c1-4-10-17-20(25-22(30)15-11-6-8-13-18(15)29)21(28(3)27-17)24(32)26-23(31)16-12-7-9-14-19(16)33-5-2/h6-9,11-14,29H,4-5,10H2,1-3H3,(H,25,30)(H,26,31,32). The number of phenols is 1. The van der Waals surface area contributed by atoms with E-state index in [-0.39, 0.29) is 28.3 Å². The molecule has 2 aromatic carbocycles. The van der Waals surface area contributed by atoms with Gasteiger partial charge in [-0.1, -0.05) is 37.6 Å². The lowest BCUT2D eigenvalue weighted by atomic mass is 10.1. The zero-order valence-corrected chi connectivity index (χ0v) is 18.7. The number of imide groups is 1. The van der Waals surface area contributed by atoms with E-state index in [4.69, 9.17) is 4.74 Å². The number of aromatic hydroxyl groups is 1. The number of nitrogens with zero attached hydrogens (tertiary/aromatic N) is 2. The molecule has 0 saturated heterocycles. The van der Waals surface area contributed by atoms with Crippen molar-refractivity contribution in [1.29, 1.82) is 0 Å². The van der Waals surface area contributed by atoms with Gasteiger partial charge in [0.25, 0.3) is 17.7 Å². The minimum atomic E-state index is -0.726. The molecule has 0 saturated carbocycles.